The lowest BCUT2D eigenvalue weighted by Crippen LogP contribution is -2.35. The topological polar surface area (TPSA) is 64.6 Å². The Balaban J connectivity index is 3.19. The SMILES string of the molecule is CCCNC(c1ccc(OC)c(OC)c1)C(C)S(C)(=O)=O. The van der Waals surface area contributed by atoms with E-state index in [0.29, 0.717) is 11.5 Å². The van der Waals surface area contributed by atoms with Crippen molar-refractivity contribution in [1.82, 2.24) is 5.32 Å². The predicted molar refractivity (Wildman–Crippen MR) is 84.9 cm³/mol. The minimum atomic E-state index is -3.15. The van der Waals surface area contributed by atoms with Crippen LogP contribution in [0.15, 0.2) is 18.2 Å². The molecule has 1 N–H and O–H groups in total. The number of hydrogen-bond donors (Lipinski definition) is 1. The summed E-state index contributed by atoms with van der Waals surface area (Å²) in [7, 11) is -0.0120. The molecule has 0 heterocycles. The molecule has 0 saturated carbocycles. The summed E-state index contributed by atoms with van der Waals surface area (Å²) in [5.74, 6) is 1.22. The van der Waals surface area contributed by atoms with Crippen molar-refractivity contribution >= 4 is 9.84 Å². The van der Waals surface area contributed by atoms with Crippen molar-refractivity contribution in [2.45, 2.75) is 31.6 Å². The van der Waals surface area contributed by atoms with Gasteiger partial charge in [-0.25, -0.2) is 8.42 Å². The summed E-state index contributed by atoms with van der Waals surface area (Å²) in [4.78, 5) is 0. The molecule has 0 aromatic heterocycles. The lowest BCUT2D eigenvalue weighted by molar-refractivity contribution is 0.353. The summed E-state index contributed by atoms with van der Waals surface area (Å²) in [6.45, 7) is 4.52. The zero-order valence-corrected chi connectivity index (χ0v) is 14.2. The van der Waals surface area contributed by atoms with E-state index in [9.17, 15) is 8.42 Å². The molecule has 0 amide bonds. The summed E-state index contributed by atoms with van der Waals surface area (Å²) in [5, 5.41) is 2.78. The Morgan fingerprint density at radius 2 is 1.81 bits per heavy atom. The van der Waals surface area contributed by atoms with E-state index < -0.39 is 15.1 Å². The van der Waals surface area contributed by atoms with Gasteiger partial charge in [0.1, 0.15) is 0 Å². The Labute approximate surface area is 127 Å². The molecular formula is C15H25NO4S. The van der Waals surface area contributed by atoms with E-state index in [2.05, 4.69) is 5.32 Å². The third-order valence-corrected chi connectivity index (χ3v) is 5.15. The van der Waals surface area contributed by atoms with E-state index in [1.165, 1.54) is 6.26 Å². The van der Waals surface area contributed by atoms with Crippen LogP contribution in [0.5, 0.6) is 11.5 Å². The number of ether oxygens (including phenoxy) is 2. The van der Waals surface area contributed by atoms with Crippen molar-refractivity contribution in [3.63, 3.8) is 0 Å². The largest absolute Gasteiger partial charge is 0.493 e. The van der Waals surface area contributed by atoms with Crippen LogP contribution in [-0.2, 0) is 9.84 Å². The Morgan fingerprint density at radius 3 is 2.29 bits per heavy atom. The van der Waals surface area contributed by atoms with Gasteiger partial charge in [-0.3, -0.25) is 0 Å². The molecule has 6 heteroatoms. The van der Waals surface area contributed by atoms with Crippen molar-refractivity contribution in [3.05, 3.63) is 23.8 Å². The van der Waals surface area contributed by atoms with E-state index in [4.69, 9.17) is 9.47 Å². The van der Waals surface area contributed by atoms with Crippen LogP contribution in [0.4, 0.5) is 0 Å². The van der Waals surface area contributed by atoms with Crippen molar-refractivity contribution in [3.8, 4) is 11.5 Å². The Bertz CT molecular complexity index is 557. The molecule has 120 valence electrons. The van der Waals surface area contributed by atoms with E-state index >= 15 is 0 Å². The first-order valence-corrected chi connectivity index (χ1v) is 8.94. The third kappa shape index (κ3) is 4.61. The molecule has 0 aliphatic heterocycles. The molecule has 5 nitrogen and oxygen atoms in total. The molecule has 0 saturated heterocycles. The minimum Gasteiger partial charge on any atom is -0.493 e. The summed E-state index contributed by atoms with van der Waals surface area (Å²) in [6.07, 6.45) is 2.19. The van der Waals surface area contributed by atoms with Crippen LogP contribution in [0, 0.1) is 0 Å². The van der Waals surface area contributed by atoms with Gasteiger partial charge in [0.05, 0.1) is 19.5 Å². The molecule has 0 spiro atoms. The maximum Gasteiger partial charge on any atom is 0.161 e. The highest BCUT2D eigenvalue weighted by molar-refractivity contribution is 7.91. The zero-order chi connectivity index (χ0) is 16.0. The number of rotatable bonds is 8. The Hall–Kier alpha value is -1.27. The Kier molecular flexibility index (Phi) is 6.48. The molecule has 0 aliphatic rings. The van der Waals surface area contributed by atoms with Crippen molar-refractivity contribution in [2.75, 3.05) is 27.0 Å². The second kappa shape index (κ2) is 7.66. The highest BCUT2D eigenvalue weighted by atomic mass is 32.2. The smallest absolute Gasteiger partial charge is 0.161 e. The summed E-state index contributed by atoms with van der Waals surface area (Å²) in [6, 6.07) is 5.22. The van der Waals surface area contributed by atoms with Gasteiger partial charge in [-0.2, -0.15) is 0 Å². The molecule has 0 bridgehead atoms. The van der Waals surface area contributed by atoms with Gasteiger partial charge in [0, 0.05) is 12.3 Å². The fraction of sp³-hybridized carbons (Fsp3) is 0.600. The van der Waals surface area contributed by atoms with Crippen LogP contribution >= 0.6 is 0 Å². The van der Waals surface area contributed by atoms with Crippen LogP contribution in [0.1, 0.15) is 31.9 Å². The highest BCUT2D eigenvalue weighted by Gasteiger charge is 2.27. The fourth-order valence-electron chi connectivity index (χ4n) is 2.15. The van der Waals surface area contributed by atoms with E-state index in [1.54, 1.807) is 27.2 Å². The van der Waals surface area contributed by atoms with Gasteiger partial charge in [0.25, 0.3) is 0 Å². The first-order chi connectivity index (χ1) is 9.85. The minimum absolute atomic E-state index is 0.278. The molecule has 0 fully saturated rings. The number of sulfone groups is 1. The third-order valence-electron chi connectivity index (χ3n) is 3.53. The summed E-state index contributed by atoms with van der Waals surface area (Å²) < 4.78 is 34.3. The summed E-state index contributed by atoms with van der Waals surface area (Å²) in [5.41, 5.74) is 0.874. The van der Waals surface area contributed by atoms with Crippen molar-refractivity contribution in [1.29, 1.82) is 0 Å². The molecule has 1 aromatic rings. The normalized spacial score (nSPS) is 14.5. The lowest BCUT2D eigenvalue weighted by atomic mass is 10.0. The highest BCUT2D eigenvalue weighted by Crippen LogP contribution is 2.32. The molecule has 21 heavy (non-hydrogen) atoms. The van der Waals surface area contributed by atoms with Gasteiger partial charge >= 0.3 is 0 Å². The number of methoxy groups -OCH3 is 2. The lowest BCUT2D eigenvalue weighted by Gasteiger charge is -2.25. The van der Waals surface area contributed by atoms with Crippen molar-refractivity contribution in [2.24, 2.45) is 0 Å². The molecule has 1 rings (SSSR count). The maximum atomic E-state index is 11.9. The monoisotopic (exact) mass is 315 g/mol. The zero-order valence-electron chi connectivity index (χ0n) is 13.3. The van der Waals surface area contributed by atoms with Gasteiger partial charge in [-0.15, -0.1) is 0 Å². The first kappa shape index (κ1) is 17.8. The van der Waals surface area contributed by atoms with E-state index in [1.807, 2.05) is 19.1 Å². The van der Waals surface area contributed by atoms with Gasteiger partial charge in [-0.05, 0) is 37.6 Å². The van der Waals surface area contributed by atoms with Crippen molar-refractivity contribution < 1.29 is 17.9 Å². The van der Waals surface area contributed by atoms with Gasteiger partial charge in [0.2, 0.25) is 0 Å². The first-order valence-electron chi connectivity index (χ1n) is 6.99. The second-order valence-electron chi connectivity index (χ2n) is 5.08. The van der Waals surface area contributed by atoms with Crippen LogP contribution in [0.25, 0.3) is 0 Å². The fourth-order valence-corrected chi connectivity index (χ4v) is 2.90. The number of benzene rings is 1. The van der Waals surface area contributed by atoms with E-state index in [-0.39, 0.29) is 6.04 Å². The molecule has 0 aliphatic carbocycles. The molecule has 1 aromatic carbocycles. The van der Waals surface area contributed by atoms with Gasteiger partial charge in [0.15, 0.2) is 21.3 Å². The molecule has 0 radical (unpaired) electrons. The standard InChI is InChI=1S/C15H25NO4S/c1-6-9-16-15(11(2)21(5,17)18)12-7-8-13(19-3)14(10-12)20-4/h7-8,10-11,15-16H,6,9H2,1-5H3. The van der Waals surface area contributed by atoms with Gasteiger partial charge in [-0.1, -0.05) is 13.0 Å². The predicted octanol–water partition coefficient (Wildman–Crippen LogP) is 2.18. The van der Waals surface area contributed by atoms with Crippen LogP contribution in [0.2, 0.25) is 0 Å². The average molecular weight is 315 g/mol. The van der Waals surface area contributed by atoms with E-state index in [0.717, 1.165) is 18.5 Å². The Morgan fingerprint density at radius 1 is 1.19 bits per heavy atom. The van der Waals surface area contributed by atoms with Crippen LogP contribution in [0.3, 0.4) is 0 Å². The quantitative estimate of drug-likeness (QED) is 0.796. The van der Waals surface area contributed by atoms with Crippen LogP contribution in [-0.4, -0.2) is 40.7 Å². The maximum absolute atomic E-state index is 11.9. The van der Waals surface area contributed by atoms with Crippen LogP contribution < -0.4 is 14.8 Å². The second-order valence-corrected chi connectivity index (χ2v) is 7.48. The molecule has 2 unspecified atom stereocenters. The summed E-state index contributed by atoms with van der Waals surface area (Å²) >= 11 is 0. The number of nitrogens with one attached hydrogen (secondary N) is 1. The van der Waals surface area contributed by atoms with Gasteiger partial charge < -0.3 is 14.8 Å². The molecule has 2 atom stereocenters. The molecular weight excluding hydrogens is 290 g/mol. The average Bonchev–Trinajstić information content (AvgIpc) is 2.46. The number of hydrogen-bond acceptors (Lipinski definition) is 5.